The first kappa shape index (κ1) is 24.6. The highest BCUT2D eigenvalue weighted by molar-refractivity contribution is 6.62. The maximum Gasteiger partial charge on any atom is 0.495 e. The van der Waals surface area contributed by atoms with Gasteiger partial charge in [-0.3, -0.25) is 9.59 Å². The molecule has 2 amide bonds. The fraction of sp³-hybridized carbons (Fsp3) is 0.417. The lowest BCUT2D eigenvalue weighted by Crippen LogP contribution is -2.41. The summed E-state index contributed by atoms with van der Waals surface area (Å²) in [6, 6.07) is 14.4. The monoisotopic (exact) mass is 424 g/mol. The van der Waals surface area contributed by atoms with E-state index >= 15 is 0 Å². The first-order valence-corrected chi connectivity index (χ1v) is 10.6. The molecule has 0 unspecified atom stereocenters. The number of amides is 2. The van der Waals surface area contributed by atoms with Gasteiger partial charge in [0.2, 0.25) is 5.91 Å². The zero-order valence-corrected chi connectivity index (χ0v) is 19.3. The van der Waals surface area contributed by atoms with E-state index in [1.54, 1.807) is 24.3 Å². The normalized spacial score (nSPS) is 16.3. The molecule has 0 spiro atoms. The van der Waals surface area contributed by atoms with Crippen LogP contribution in [0.2, 0.25) is 0 Å². The van der Waals surface area contributed by atoms with Crippen molar-refractivity contribution in [1.82, 2.24) is 5.32 Å². The van der Waals surface area contributed by atoms with Crippen molar-refractivity contribution in [3.63, 3.8) is 0 Å². The van der Waals surface area contributed by atoms with Crippen molar-refractivity contribution in [1.29, 1.82) is 0 Å². The molecule has 0 atom stereocenters. The van der Waals surface area contributed by atoms with Gasteiger partial charge in [0.1, 0.15) is 0 Å². The third-order valence-electron chi connectivity index (χ3n) is 5.64. The molecule has 1 fully saturated rings. The van der Waals surface area contributed by atoms with Crippen molar-refractivity contribution in [2.24, 2.45) is 5.73 Å². The number of carbonyl (C=O) groups is 2. The number of primary amides is 1. The molecule has 0 radical (unpaired) electrons. The Morgan fingerprint density at radius 1 is 0.968 bits per heavy atom. The van der Waals surface area contributed by atoms with E-state index in [0.717, 1.165) is 17.4 Å². The second kappa shape index (κ2) is 10.1. The summed E-state index contributed by atoms with van der Waals surface area (Å²) in [6.45, 7) is 12.8. The average molecular weight is 424 g/mol. The SMILES string of the molecule is CCCNC(=O)c1ccc(C)c(B2OC(C)(C)C(C)(C)O2)c1.NC(=O)c1ccccc1. The number of nitrogens with two attached hydrogens (primary N) is 1. The van der Waals surface area contributed by atoms with Gasteiger partial charge >= 0.3 is 7.12 Å². The Hall–Kier alpha value is -2.64. The molecule has 7 heteroatoms. The summed E-state index contributed by atoms with van der Waals surface area (Å²) in [6.07, 6.45) is 0.918. The number of rotatable bonds is 5. The minimum Gasteiger partial charge on any atom is -0.399 e. The van der Waals surface area contributed by atoms with Crippen molar-refractivity contribution in [2.75, 3.05) is 6.54 Å². The summed E-state index contributed by atoms with van der Waals surface area (Å²) in [7, 11) is -0.441. The van der Waals surface area contributed by atoms with Crippen LogP contribution in [0.1, 0.15) is 67.3 Å². The molecule has 1 aliphatic rings. The molecule has 3 N–H and O–H groups in total. The van der Waals surface area contributed by atoms with Gasteiger partial charge in [-0.1, -0.05) is 36.8 Å². The summed E-state index contributed by atoms with van der Waals surface area (Å²) in [4.78, 5) is 22.6. The quantitative estimate of drug-likeness (QED) is 0.722. The molecule has 1 saturated heterocycles. The van der Waals surface area contributed by atoms with Crippen molar-refractivity contribution < 1.29 is 18.9 Å². The van der Waals surface area contributed by atoms with E-state index in [-0.39, 0.29) is 23.0 Å². The van der Waals surface area contributed by atoms with Crippen LogP contribution in [-0.4, -0.2) is 36.7 Å². The van der Waals surface area contributed by atoms with Crippen molar-refractivity contribution >= 4 is 24.4 Å². The van der Waals surface area contributed by atoms with Crippen LogP contribution in [0.15, 0.2) is 48.5 Å². The van der Waals surface area contributed by atoms with Gasteiger partial charge in [0.05, 0.1) is 11.2 Å². The number of benzene rings is 2. The number of hydrogen-bond acceptors (Lipinski definition) is 4. The van der Waals surface area contributed by atoms with E-state index in [4.69, 9.17) is 15.0 Å². The van der Waals surface area contributed by atoms with E-state index in [1.807, 2.05) is 65.8 Å². The second-order valence-electron chi connectivity index (χ2n) is 8.65. The Morgan fingerprint density at radius 2 is 1.55 bits per heavy atom. The molecule has 31 heavy (non-hydrogen) atoms. The molecule has 0 aliphatic carbocycles. The summed E-state index contributed by atoms with van der Waals surface area (Å²) in [5.74, 6) is -0.435. The maximum atomic E-state index is 12.1. The van der Waals surface area contributed by atoms with Gasteiger partial charge in [-0.15, -0.1) is 0 Å². The molecule has 166 valence electrons. The van der Waals surface area contributed by atoms with Crippen LogP contribution in [0.5, 0.6) is 0 Å². The van der Waals surface area contributed by atoms with Crippen LogP contribution in [0.4, 0.5) is 0 Å². The fourth-order valence-corrected chi connectivity index (χ4v) is 2.95. The van der Waals surface area contributed by atoms with Gasteiger partial charge in [0.25, 0.3) is 5.91 Å². The molecule has 6 nitrogen and oxygen atoms in total. The Kier molecular flexibility index (Phi) is 8.04. The summed E-state index contributed by atoms with van der Waals surface area (Å²) >= 11 is 0. The highest BCUT2D eigenvalue weighted by atomic mass is 16.7. The summed E-state index contributed by atoms with van der Waals surface area (Å²) < 4.78 is 12.2. The van der Waals surface area contributed by atoms with Gasteiger partial charge < -0.3 is 20.4 Å². The highest BCUT2D eigenvalue weighted by Crippen LogP contribution is 2.36. The van der Waals surface area contributed by atoms with Gasteiger partial charge in [-0.25, -0.2) is 0 Å². The minimum atomic E-state index is -0.441. The Labute approximate surface area is 185 Å². The maximum absolute atomic E-state index is 12.1. The van der Waals surface area contributed by atoms with Gasteiger partial charge in [0.15, 0.2) is 0 Å². The molecule has 3 rings (SSSR count). The van der Waals surface area contributed by atoms with E-state index in [9.17, 15) is 9.59 Å². The molecule has 0 saturated carbocycles. The molecule has 0 aromatic heterocycles. The fourth-order valence-electron chi connectivity index (χ4n) is 2.95. The molecular formula is C24H33BN2O4. The summed E-state index contributed by atoms with van der Waals surface area (Å²) in [5.41, 5.74) is 7.38. The van der Waals surface area contributed by atoms with Crippen molar-refractivity contribution in [3.8, 4) is 0 Å². The summed E-state index contributed by atoms with van der Waals surface area (Å²) in [5, 5.41) is 2.90. The molecule has 2 aromatic rings. The van der Waals surface area contributed by atoms with Crippen molar-refractivity contribution in [3.05, 3.63) is 65.2 Å². The van der Waals surface area contributed by atoms with E-state index in [0.29, 0.717) is 17.7 Å². The minimum absolute atomic E-state index is 0.0559. The molecular weight excluding hydrogens is 391 g/mol. The smallest absolute Gasteiger partial charge is 0.399 e. The van der Waals surface area contributed by atoms with E-state index < -0.39 is 7.12 Å². The first-order chi connectivity index (χ1) is 14.5. The average Bonchev–Trinajstić information content (AvgIpc) is 2.94. The van der Waals surface area contributed by atoms with E-state index in [1.165, 1.54) is 0 Å². The van der Waals surface area contributed by atoms with Crippen LogP contribution in [-0.2, 0) is 9.31 Å². The standard InChI is InChI=1S/C17H26BNO3.C7H7NO/c1-7-10-19-15(20)13-9-8-12(2)14(11-13)18-21-16(3,4)17(5,6)22-18;8-7(9)6-4-2-1-3-5-6/h8-9,11H,7,10H2,1-6H3,(H,19,20);1-5H,(H2,8,9). The van der Waals surface area contributed by atoms with Crippen LogP contribution >= 0.6 is 0 Å². The first-order valence-electron chi connectivity index (χ1n) is 10.6. The van der Waals surface area contributed by atoms with Crippen LogP contribution in [0.25, 0.3) is 0 Å². The Morgan fingerprint density at radius 3 is 2.03 bits per heavy atom. The number of hydrogen-bond donors (Lipinski definition) is 2. The number of carbonyl (C=O) groups excluding carboxylic acids is 2. The Bertz CT molecular complexity index is 897. The van der Waals surface area contributed by atoms with Gasteiger partial charge in [0, 0.05) is 17.7 Å². The third kappa shape index (κ3) is 6.18. The number of aryl methyl sites for hydroxylation is 1. The largest absolute Gasteiger partial charge is 0.495 e. The zero-order chi connectivity index (χ0) is 23.2. The van der Waals surface area contributed by atoms with Gasteiger partial charge in [-0.05, 0) is 70.8 Å². The zero-order valence-electron chi connectivity index (χ0n) is 19.3. The Balaban J connectivity index is 0.000000316. The topological polar surface area (TPSA) is 90.7 Å². The van der Waals surface area contributed by atoms with Crippen LogP contribution in [0.3, 0.4) is 0 Å². The lowest BCUT2D eigenvalue weighted by molar-refractivity contribution is 0.00578. The lowest BCUT2D eigenvalue weighted by atomic mass is 9.75. The molecule has 0 bridgehead atoms. The molecule has 1 heterocycles. The van der Waals surface area contributed by atoms with Crippen molar-refractivity contribution in [2.45, 2.75) is 59.2 Å². The predicted octanol–water partition coefficient (Wildman–Crippen LogP) is 3.22. The predicted molar refractivity (Wildman–Crippen MR) is 124 cm³/mol. The van der Waals surface area contributed by atoms with Crippen LogP contribution < -0.4 is 16.5 Å². The lowest BCUT2D eigenvalue weighted by Gasteiger charge is -2.32. The van der Waals surface area contributed by atoms with E-state index in [2.05, 4.69) is 5.32 Å². The molecule has 2 aromatic carbocycles. The highest BCUT2D eigenvalue weighted by Gasteiger charge is 2.52. The molecule has 1 aliphatic heterocycles. The van der Waals surface area contributed by atoms with Crippen LogP contribution in [0, 0.1) is 6.92 Å². The number of nitrogens with one attached hydrogen (secondary N) is 1. The van der Waals surface area contributed by atoms with Gasteiger partial charge in [-0.2, -0.15) is 0 Å². The second-order valence-corrected chi connectivity index (χ2v) is 8.65. The third-order valence-corrected chi connectivity index (χ3v) is 5.64.